The minimum atomic E-state index is -0.575. The van der Waals surface area contributed by atoms with Crippen LogP contribution >= 0.6 is 23.2 Å². The molecule has 1 aliphatic rings. The molecule has 0 amide bonds. The van der Waals surface area contributed by atoms with Crippen LogP contribution in [0.5, 0.6) is 0 Å². The molecule has 2 N–H and O–H groups in total. The van der Waals surface area contributed by atoms with Gasteiger partial charge in [0.25, 0.3) is 0 Å². The van der Waals surface area contributed by atoms with Crippen LogP contribution in [0.1, 0.15) is 31.0 Å². The molecule has 0 radical (unpaired) electrons. The van der Waals surface area contributed by atoms with Gasteiger partial charge in [0.2, 0.25) is 0 Å². The zero-order valence-corrected chi connectivity index (χ0v) is 18.9. The summed E-state index contributed by atoms with van der Waals surface area (Å²) in [5.41, 5.74) is 8.62. The van der Waals surface area contributed by atoms with Crippen molar-refractivity contribution >= 4 is 28.9 Å². The minimum Gasteiger partial charge on any atom is -0.398 e. The zero-order valence-electron chi connectivity index (χ0n) is 17.4. The highest BCUT2D eigenvalue weighted by Crippen LogP contribution is 2.40. The van der Waals surface area contributed by atoms with E-state index in [-0.39, 0.29) is 32.9 Å². The summed E-state index contributed by atoms with van der Waals surface area (Å²) in [6, 6.07) is 6.45. The van der Waals surface area contributed by atoms with E-state index in [0.29, 0.717) is 17.0 Å². The topological polar surface area (TPSA) is 69.6 Å². The SMILES string of the molecule is Nc1ccc(Cl)c(F)c1-c1ccc(C(CC2CC2)n2cc(-c3c(F)cncc3Cl)cn2)nc1. The van der Waals surface area contributed by atoms with Crippen molar-refractivity contribution in [3.63, 3.8) is 0 Å². The first kappa shape index (κ1) is 21.8. The lowest BCUT2D eigenvalue weighted by molar-refractivity contribution is 0.455. The molecule has 3 heterocycles. The molecule has 168 valence electrons. The monoisotopic (exact) mass is 485 g/mol. The Morgan fingerprint density at radius 2 is 1.79 bits per heavy atom. The molecule has 0 saturated heterocycles. The highest BCUT2D eigenvalue weighted by molar-refractivity contribution is 6.33. The smallest absolute Gasteiger partial charge is 0.151 e. The first-order chi connectivity index (χ1) is 15.9. The molecule has 0 spiro atoms. The quantitative estimate of drug-likeness (QED) is 0.313. The summed E-state index contributed by atoms with van der Waals surface area (Å²) in [5.74, 6) is -0.510. The summed E-state index contributed by atoms with van der Waals surface area (Å²) < 4.78 is 30.7. The fourth-order valence-corrected chi connectivity index (χ4v) is 4.38. The van der Waals surface area contributed by atoms with E-state index in [0.717, 1.165) is 31.2 Å². The number of rotatable bonds is 6. The Balaban J connectivity index is 1.50. The maximum Gasteiger partial charge on any atom is 0.151 e. The van der Waals surface area contributed by atoms with Crippen molar-refractivity contribution in [1.29, 1.82) is 0 Å². The molecule has 33 heavy (non-hydrogen) atoms. The number of anilines is 1. The van der Waals surface area contributed by atoms with Gasteiger partial charge in [0.1, 0.15) is 0 Å². The van der Waals surface area contributed by atoms with Gasteiger partial charge in [0, 0.05) is 46.5 Å². The Kier molecular flexibility index (Phi) is 5.76. The third kappa shape index (κ3) is 4.30. The molecule has 0 bridgehead atoms. The van der Waals surface area contributed by atoms with Crippen LogP contribution in [0.2, 0.25) is 10.0 Å². The molecule has 4 aromatic rings. The number of halogens is 4. The van der Waals surface area contributed by atoms with Crippen molar-refractivity contribution in [2.45, 2.75) is 25.3 Å². The lowest BCUT2D eigenvalue weighted by atomic mass is 10.0. The van der Waals surface area contributed by atoms with Gasteiger partial charge in [0.15, 0.2) is 11.6 Å². The molecule has 1 aliphatic carbocycles. The molecule has 1 aromatic carbocycles. The summed E-state index contributed by atoms with van der Waals surface area (Å²) >= 11 is 12.1. The van der Waals surface area contributed by atoms with Crippen LogP contribution in [0.15, 0.2) is 55.2 Å². The van der Waals surface area contributed by atoms with Gasteiger partial charge in [-0.05, 0) is 30.5 Å². The van der Waals surface area contributed by atoms with Gasteiger partial charge in [-0.1, -0.05) is 42.1 Å². The molecule has 1 saturated carbocycles. The van der Waals surface area contributed by atoms with E-state index < -0.39 is 11.6 Å². The van der Waals surface area contributed by atoms with Crippen LogP contribution < -0.4 is 5.73 Å². The van der Waals surface area contributed by atoms with Gasteiger partial charge in [-0.2, -0.15) is 5.10 Å². The average molecular weight is 486 g/mol. The van der Waals surface area contributed by atoms with Crippen molar-refractivity contribution < 1.29 is 8.78 Å². The highest BCUT2D eigenvalue weighted by atomic mass is 35.5. The Bertz CT molecular complexity index is 1300. The van der Waals surface area contributed by atoms with E-state index in [1.165, 1.54) is 12.3 Å². The molecule has 1 fully saturated rings. The molecule has 3 aromatic heterocycles. The normalized spacial score (nSPS) is 14.4. The Morgan fingerprint density at radius 3 is 2.48 bits per heavy atom. The van der Waals surface area contributed by atoms with Gasteiger partial charge in [-0.15, -0.1) is 0 Å². The van der Waals surface area contributed by atoms with Crippen LogP contribution in [-0.4, -0.2) is 19.7 Å². The molecule has 5 nitrogen and oxygen atoms in total. The number of benzene rings is 1. The fraction of sp³-hybridized carbons (Fsp3) is 0.208. The number of nitrogens with two attached hydrogens (primary N) is 1. The van der Waals surface area contributed by atoms with Crippen LogP contribution in [-0.2, 0) is 0 Å². The number of hydrogen-bond acceptors (Lipinski definition) is 4. The van der Waals surface area contributed by atoms with E-state index in [9.17, 15) is 8.78 Å². The highest BCUT2D eigenvalue weighted by Gasteiger charge is 2.29. The molecular weight excluding hydrogens is 467 g/mol. The molecular formula is C24H19Cl2F2N5. The third-order valence-electron chi connectivity index (χ3n) is 5.86. The lowest BCUT2D eigenvalue weighted by Crippen LogP contribution is -2.13. The second kappa shape index (κ2) is 8.72. The van der Waals surface area contributed by atoms with E-state index in [2.05, 4.69) is 15.1 Å². The summed E-state index contributed by atoms with van der Waals surface area (Å²) in [6.45, 7) is 0. The summed E-state index contributed by atoms with van der Waals surface area (Å²) in [5, 5.41) is 4.71. The van der Waals surface area contributed by atoms with Crippen LogP contribution in [0, 0.1) is 17.6 Å². The predicted molar refractivity (Wildman–Crippen MR) is 125 cm³/mol. The Labute approximate surface area is 199 Å². The minimum absolute atomic E-state index is 0.000891. The number of aromatic nitrogens is 4. The predicted octanol–water partition coefficient (Wildman–Crippen LogP) is 6.56. The van der Waals surface area contributed by atoms with E-state index in [4.69, 9.17) is 28.9 Å². The van der Waals surface area contributed by atoms with Crippen molar-refractivity contribution in [3.05, 3.63) is 82.6 Å². The van der Waals surface area contributed by atoms with Crippen LogP contribution in [0.4, 0.5) is 14.5 Å². The first-order valence-electron chi connectivity index (χ1n) is 10.5. The molecule has 0 aliphatic heterocycles. The van der Waals surface area contributed by atoms with Gasteiger partial charge < -0.3 is 5.73 Å². The van der Waals surface area contributed by atoms with Gasteiger partial charge in [0.05, 0.1) is 34.2 Å². The Morgan fingerprint density at radius 1 is 0.970 bits per heavy atom. The van der Waals surface area contributed by atoms with Gasteiger partial charge in [-0.25, -0.2) is 8.78 Å². The van der Waals surface area contributed by atoms with Crippen molar-refractivity contribution in [2.24, 2.45) is 5.92 Å². The summed E-state index contributed by atoms with van der Waals surface area (Å²) in [6.07, 6.45) is 10.6. The van der Waals surface area contributed by atoms with Gasteiger partial charge in [-0.3, -0.25) is 14.6 Å². The maximum absolute atomic E-state index is 14.6. The maximum atomic E-state index is 14.6. The number of nitrogens with zero attached hydrogens (tertiary/aromatic N) is 4. The Hall–Kier alpha value is -3.03. The standard InChI is InChI=1S/C24H19Cl2F2N5/c25-16-4-5-19(29)23(24(16)28)14-3-6-20(31-8-14)21(7-13-1-2-13)33-12-15(9-32-33)22-17(26)10-30-11-18(22)27/h3-6,8-13,21H,1-2,7,29H2. The van der Waals surface area contributed by atoms with E-state index >= 15 is 0 Å². The second-order valence-corrected chi connectivity index (χ2v) is 8.99. The van der Waals surface area contributed by atoms with Crippen LogP contribution in [0.3, 0.4) is 0 Å². The largest absolute Gasteiger partial charge is 0.398 e. The number of nitrogen functional groups attached to an aromatic ring is 1. The second-order valence-electron chi connectivity index (χ2n) is 8.18. The van der Waals surface area contributed by atoms with Crippen molar-refractivity contribution in [2.75, 3.05) is 5.73 Å². The van der Waals surface area contributed by atoms with E-state index in [1.807, 2.05) is 6.07 Å². The van der Waals surface area contributed by atoms with Crippen molar-refractivity contribution in [1.82, 2.24) is 19.7 Å². The number of hydrogen-bond donors (Lipinski definition) is 1. The van der Waals surface area contributed by atoms with E-state index in [1.54, 1.807) is 35.4 Å². The first-order valence-corrected chi connectivity index (χ1v) is 11.2. The summed E-state index contributed by atoms with van der Waals surface area (Å²) in [4.78, 5) is 8.38. The number of pyridine rings is 2. The van der Waals surface area contributed by atoms with Crippen molar-refractivity contribution in [3.8, 4) is 22.3 Å². The molecule has 9 heteroatoms. The van der Waals surface area contributed by atoms with Gasteiger partial charge >= 0.3 is 0 Å². The molecule has 5 rings (SSSR count). The zero-order chi connectivity index (χ0) is 23.1. The van der Waals surface area contributed by atoms with Crippen LogP contribution in [0.25, 0.3) is 22.3 Å². The fourth-order valence-electron chi connectivity index (χ4n) is 3.97. The molecule has 1 unspecified atom stereocenters. The molecule has 1 atom stereocenters. The lowest BCUT2D eigenvalue weighted by Gasteiger charge is -2.18. The average Bonchev–Trinajstić information content (AvgIpc) is 3.50. The summed E-state index contributed by atoms with van der Waals surface area (Å²) in [7, 11) is 0. The third-order valence-corrected chi connectivity index (χ3v) is 6.44.